The van der Waals surface area contributed by atoms with Crippen molar-refractivity contribution in [1.29, 1.82) is 0 Å². The molecule has 0 heterocycles. The number of carbonyl (C=O) groups excluding carboxylic acids is 2. The molecule has 0 aliphatic carbocycles. The average Bonchev–Trinajstić information content (AvgIpc) is 2.99. The maximum Gasteiger partial charge on any atom is 0.264 e. The molecule has 4 aromatic carbocycles. The lowest BCUT2D eigenvalue weighted by Gasteiger charge is -2.35. The first-order valence-corrected chi connectivity index (χ1v) is 17.1. The number of sulfonamides is 1. The molecule has 0 saturated carbocycles. The summed E-state index contributed by atoms with van der Waals surface area (Å²) in [7, 11) is -4.24. The molecule has 0 aliphatic rings. The molecule has 0 saturated heterocycles. The van der Waals surface area contributed by atoms with E-state index >= 15 is 0 Å². The van der Waals surface area contributed by atoms with Crippen LogP contribution in [0.3, 0.4) is 0 Å². The molecule has 1 N–H and O–H groups in total. The minimum Gasteiger partial charge on any atom is -0.350 e. The SMILES string of the molecule is Cc1ccc(S(=O)(=O)N(CC(=O)N(Cc2ccccc2Cl)[C@@H](Cc2ccccc2)C(=O)NC(C)(C)C)c2ccc(C)c(Cl)c2)cc1. The normalized spacial score (nSPS) is 12.3. The van der Waals surface area contributed by atoms with Gasteiger partial charge in [-0.1, -0.05) is 95.5 Å². The number of hydrogen-bond acceptors (Lipinski definition) is 4. The summed E-state index contributed by atoms with van der Waals surface area (Å²) in [4.78, 5) is 30.0. The van der Waals surface area contributed by atoms with Crippen molar-refractivity contribution in [3.8, 4) is 0 Å². The molecule has 7 nitrogen and oxygen atoms in total. The molecule has 10 heteroatoms. The van der Waals surface area contributed by atoms with Crippen LogP contribution in [0, 0.1) is 13.8 Å². The molecule has 2 amide bonds. The number of nitrogens with zero attached hydrogens (tertiary/aromatic N) is 2. The van der Waals surface area contributed by atoms with Crippen LogP contribution in [0.4, 0.5) is 5.69 Å². The van der Waals surface area contributed by atoms with Gasteiger partial charge in [0, 0.05) is 28.5 Å². The van der Waals surface area contributed by atoms with E-state index in [1.165, 1.54) is 23.1 Å². The molecular weight excluding hydrogens is 641 g/mol. The summed E-state index contributed by atoms with van der Waals surface area (Å²) in [6.45, 7) is 8.64. The first-order valence-electron chi connectivity index (χ1n) is 14.9. The summed E-state index contributed by atoms with van der Waals surface area (Å²) in [6, 6.07) is 26.7. The van der Waals surface area contributed by atoms with Crippen LogP contribution in [0.1, 0.15) is 43.0 Å². The lowest BCUT2D eigenvalue weighted by Crippen LogP contribution is -2.56. The van der Waals surface area contributed by atoms with E-state index in [1.807, 2.05) is 65.0 Å². The maximum atomic E-state index is 14.6. The zero-order chi connectivity index (χ0) is 33.6. The Morgan fingerprint density at radius 2 is 1.46 bits per heavy atom. The van der Waals surface area contributed by atoms with Crippen molar-refractivity contribution in [3.63, 3.8) is 0 Å². The lowest BCUT2D eigenvalue weighted by molar-refractivity contribution is -0.140. The van der Waals surface area contributed by atoms with Gasteiger partial charge in [-0.15, -0.1) is 0 Å². The maximum absolute atomic E-state index is 14.6. The Kier molecular flexibility index (Phi) is 11.2. The van der Waals surface area contributed by atoms with Crippen LogP contribution >= 0.6 is 23.2 Å². The van der Waals surface area contributed by atoms with Crippen LogP contribution in [0.15, 0.2) is 102 Å². The number of rotatable bonds is 11. The van der Waals surface area contributed by atoms with Crippen LogP contribution in [-0.2, 0) is 32.6 Å². The Morgan fingerprint density at radius 1 is 0.826 bits per heavy atom. The fourth-order valence-corrected chi connectivity index (χ4v) is 6.70. The third kappa shape index (κ3) is 8.90. The Hall–Kier alpha value is -3.85. The minimum absolute atomic E-state index is 0.0200. The summed E-state index contributed by atoms with van der Waals surface area (Å²) in [6.07, 6.45) is 0.194. The van der Waals surface area contributed by atoms with Gasteiger partial charge in [-0.2, -0.15) is 0 Å². The molecule has 0 fully saturated rings. The standard InChI is InChI=1S/C36H39Cl2N3O4S/c1-25-15-19-30(20-16-25)46(44,45)41(29-18-17-26(2)32(38)22-29)24-34(42)40(23-28-13-9-10-14-31(28)37)33(35(43)39-36(3,4)5)21-27-11-7-6-8-12-27/h6-20,22,33H,21,23-24H2,1-5H3,(H,39,43)/t33-/m0/s1. The van der Waals surface area contributed by atoms with Crippen molar-refractivity contribution in [1.82, 2.24) is 10.2 Å². The molecule has 1 atom stereocenters. The molecule has 0 aromatic heterocycles. The van der Waals surface area contributed by atoms with E-state index in [0.717, 1.165) is 21.0 Å². The molecule has 0 bridgehead atoms. The number of nitrogens with one attached hydrogen (secondary N) is 1. The summed E-state index contributed by atoms with van der Waals surface area (Å²) >= 11 is 13.0. The first kappa shape index (κ1) is 35.0. The highest BCUT2D eigenvalue weighted by molar-refractivity contribution is 7.92. The highest BCUT2D eigenvalue weighted by Crippen LogP contribution is 2.29. The minimum atomic E-state index is -4.24. The van der Waals surface area contributed by atoms with E-state index in [2.05, 4.69) is 5.32 Å². The van der Waals surface area contributed by atoms with Crippen LogP contribution in [0.5, 0.6) is 0 Å². The van der Waals surface area contributed by atoms with E-state index in [1.54, 1.807) is 48.5 Å². The smallest absolute Gasteiger partial charge is 0.264 e. The molecule has 46 heavy (non-hydrogen) atoms. The fourth-order valence-electron chi connectivity index (χ4n) is 4.92. The number of anilines is 1. The number of amides is 2. The van der Waals surface area contributed by atoms with Gasteiger partial charge in [-0.05, 0) is 81.6 Å². The van der Waals surface area contributed by atoms with Crippen molar-refractivity contribution in [2.75, 3.05) is 10.8 Å². The second-order valence-electron chi connectivity index (χ2n) is 12.3. The largest absolute Gasteiger partial charge is 0.350 e. The number of benzene rings is 4. The van der Waals surface area contributed by atoms with Gasteiger partial charge in [0.1, 0.15) is 12.6 Å². The van der Waals surface area contributed by atoms with Crippen molar-refractivity contribution >= 4 is 50.7 Å². The van der Waals surface area contributed by atoms with Crippen LogP contribution in [-0.4, -0.2) is 43.3 Å². The molecule has 0 spiro atoms. The summed E-state index contributed by atoms with van der Waals surface area (Å²) in [5.74, 6) is -0.958. The first-order chi connectivity index (χ1) is 21.7. The van der Waals surface area contributed by atoms with E-state index in [4.69, 9.17) is 23.2 Å². The second kappa shape index (κ2) is 14.7. The zero-order valence-electron chi connectivity index (χ0n) is 26.6. The van der Waals surface area contributed by atoms with Crippen LogP contribution in [0.25, 0.3) is 0 Å². The average molecular weight is 681 g/mol. The number of halogens is 2. The Balaban J connectivity index is 1.84. The van der Waals surface area contributed by atoms with Crippen LogP contribution < -0.4 is 9.62 Å². The van der Waals surface area contributed by atoms with Gasteiger partial charge in [0.2, 0.25) is 11.8 Å². The van der Waals surface area contributed by atoms with Gasteiger partial charge in [-0.3, -0.25) is 13.9 Å². The van der Waals surface area contributed by atoms with E-state index in [-0.39, 0.29) is 29.5 Å². The third-order valence-electron chi connectivity index (χ3n) is 7.40. The Labute approximate surface area is 282 Å². The zero-order valence-corrected chi connectivity index (χ0v) is 29.0. The topological polar surface area (TPSA) is 86.8 Å². The van der Waals surface area contributed by atoms with Crippen molar-refractivity contribution in [3.05, 3.63) is 129 Å². The van der Waals surface area contributed by atoms with E-state index < -0.39 is 34.1 Å². The van der Waals surface area contributed by atoms with Gasteiger partial charge in [0.25, 0.3) is 10.0 Å². The number of carbonyl (C=O) groups is 2. The third-order valence-corrected chi connectivity index (χ3v) is 9.96. The number of aryl methyl sites for hydroxylation is 2. The number of hydrogen-bond donors (Lipinski definition) is 1. The van der Waals surface area contributed by atoms with Gasteiger partial charge < -0.3 is 10.2 Å². The fraction of sp³-hybridized carbons (Fsp3) is 0.278. The quantitative estimate of drug-likeness (QED) is 0.179. The molecule has 0 unspecified atom stereocenters. The molecule has 0 aliphatic heterocycles. The second-order valence-corrected chi connectivity index (χ2v) is 15.0. The van der Waals surface area contributed by atoms with Gasteiger partial charge in [0.15, 0.2) is 0 Å². The summed E-state index contributed by atoms with van der Waals surface area (Å²) in [5.41, 5.74) is 2.73. The van der Waals surface area contributed by atoms with E-state index in [9.17, 15) is 18.0 Å². The van der Waals surface area contributed by atoms with Crippen molar-refractivity contribution in [2.24, 2.45) is 0 Å². The molecule has 4 rings (SSSR count). The van der Waals surface area contributed by atoms with E-state index in [0.29, 0.717) is 15.6 Å². The highest BCUT2D eigenvalue weighted by Gasteiger charge is 2.36. The molecular formula is C36H39Cl2N3O4S. The van der Waals surface area contributed by atoms with Crippen molar-refractivity contribution in [2.45, 2.75) is 64.1 Å². The molecule has 0 radical (unpaired) electrons. The summed E-state index contributed by atoms with van der Waals surface area (Å²) < 4.78 is 29.5. The van der Waals surface area contributed by atoms with Crippen LogP contribution in [0.2, 0.25) is 10.0 Å². The molecule has 242 valence electrons. The Morgan fingerprint density at radius 3 is 2.07 bits per heavy atom. The lowest BCUT2D eigenvalue weighted by atomic mass is 10.0. The van der Waals surface area contributed by atoms with Gasteiger partial charge in [0.05, 0.1) is 10.6 Å². The van der Waals surface area contributed by atoms with Gasteiger partial charge in [-0.25, -0.2) is 8.42 Å². The van der Waals surface area contributed by atoms with Crippen molar-refractivity contribution < 1.29 is 18.0 Å². The monoisotopic (exact) mass is 679 g/mol. The predicted octanol–water partition coefficient (Wildman–Crippen LogP) is 7.36. The summed E-state index contributed by atoms with van der Waals surface area (Å²) in [5, 5.41) is 3.80. The molecule has 4 aromatic rings. The Bertz CT molecular complexity index is 1790. The van der Waals surface area contributed by atoms with Gasteiger partial charge >= 0.3 is 0 Å². The predicted molar refractivity (Wildman–Crippen MR) is 186 cm³/mol. The highest BCUT2D eigenvalue weighted by atomic mass is 35.5.